The summed E-state index contributed by atoms with van der Waals surface area (Å²) in [6.07, 6.45) is 0. The van der Waals surface area contributed by atoms with E-state index in [1.54, 1.807) is 0 Å². The molecule has 0 saturated carbocycles. The fourth-order valence-corrected chi connectivity index (χ4v) is 7.70. The van der Waals surface area contributed by atoms with Gasteiger partial charge in [-0.3, -0.25) is 0 Å². The molecule has 0 amide bonds. The van der Waals surface area contributed by atoms with Crippen LogP contribution in [-0.4, -0.2) is 4.57 Å². The van der Waals surface area contributed by atoms with Gasteiger partial charge in [0.1, 0.15) is 0 Å². The van der Waals surface area contributed by atoms with Crippen LogP contribution in [0, 0.1) is 17.9 Å². The molecule has 0 saturated heterocycles. The number of benzene rings is 8. The van der Waals surface area contributed by atoms with E-state index in [4.69, 9.17) is 6.57 Å². The lowest BCUT2D eigenvalue weighted by Gasteiger charge is -2.22. The Kier molecular flexibility index (Phi) is 6.58. The van der Waals surface area contributed by atoms with Gasteiger partial charge in [-0.15, -0.1) is 0 Å². The Hall–Kier alpha value is -6.94. The highest BCUT2D eigenvalue weighted by Gasteiger charge is 2.25. The molecule has 0 aliphatic heterocycles. The van der Waals surface area contributed by atoms with Gasteiger partial charge in [-0.25, -0.2) is 4.85 Å². The molecular formula is C46H27N3. The number of hydrogen-bond acceptors (Lipinski definition) is 1. The second-order valence-corrected chi connectivity index (χ2v) is 12.2. The molecule has 0 radical (unpaired) electrons. The van der Waals surface area contributed by atoms with Crippen LogP contribution >= 0.6 is 0 Å². The third-order valence-electron chi connectivity index (χ3n) is 9.66. The molecule has 9 aromatic rings. The molecule has 9 rings (SSSR count). The number of fused-ring (bicyclic) bond motifs is 5. The lowest BCUT2D eigenvalue weighted by atomic mass is 9.82. The predicted octanol–water partition coefficient (Wildman–Crippen LogP) is 12.5. The molecule has 0 unspecified atom stereocenters. The Labute approximate surface area is 284 Å². The van der Waals surface area contributed by atoms with Crippen molar-refractivity contribution in [2.24, 2.45) is 0 Å². The molecule has 0 aliphatic carbocycles. The van der Waals surface area contributed by atoms with Gasteiger partial charge in [0, 0.05) is 22.0 Å². The first-order valence-corrected chi connectivity index (χ1v) is 16.3. The minimum atomic E-state index is 0.498. The van der Waals surface area contributed by atoms with Crippen molar-refractivity contribution in [2.45, 2.75) is 0 Å². The molecule has 1 aromatic heterocycles. The van der Waals surface area contributed by atoms with E-state index in [0.717, 1.165) is 76.9 Å². The lowest BCUT2D eigenvalue weighted by molar-refractivity contribution is 1.18. The maximum atomic E-state index is 10.8. The molecule has 226 valence electrons. The zero-order chi connectivity index (χ0) is 32.9. The summed E-state index contributed by atoms with van der Waals surface area (Å²) in [5.74, 6) is 0. The quantitative estimate of drug-likeness (QED) is 0.142. The standard InChI is InChI=1S/C46H27N3/c1-48-39-25-14-28-42(49-40-26-11-9-18-32(40)33-19-10-12-27-41(33)49)46(39)44-31(29-47)17-13-24-38(44)45-36-22-7-5-20-34(36)43(30-15-3-2-4-16-30)35-21-6-8-23-37(35)45/h2-28H. The van der Waals surface area contributed by atoms with Crippen LogP contribution in [-0.2, 0) is 0 Å². The summed E-state index contributed by atoms with van der Waals surface area (Å²) in [5.41, 5.74) is 9.79. The van der Waals surface area contributed by atoms with E-state index >= 15 is 0 Å². The van der Waals surface area contributed by atoms with Crippen molar-refractivity contribution in [1.82, 2.24) is 4.57 Å². The number of nitriles is 1. The van der Waals surface area contributed by atoms with Gasteiger partial charge in [-0.2, -0.15) is 5.26 Å². The van der Waals surface area contributed by atoms with Gasteiger partial charge in [0.2, 0.25) is 0 Å². The van der Waals surface area contributed by atoms with E-state index in [1.165, 1.54) is 5.56 Å². The normalized spacial score (nSPS) is 11.2. The summed E-state index contributed by atoms with van der Waals surface area (Å²) in [6.45, 7) is 8.40. The molecule has 3 nitrogen and oxygen atoms in total. The number of para-hydroxylation sites is 2. The van der Waals surface area contributed by atoms with Crippen LogP contribution in [0.1, 0.15) is 5.56 Å². The van der Waals surface area contributed by atoms with Crippen LogP contribution in [0.4, 0.5) is 5.69 Å². The van der Waals surface area contributed by atoms with Gasteiger partial charge in [-0.05, 0) is 73.6 Å². The highest BCUT2D eigenvalue weighted by atomic mass is 15.0. The topological polar surface area (TPSA) is 33.1 Å². The van der Waals surface area contributed by atoms with Crippen LogP contribution in [0.3, 0.4) is 0 Å². The van der Waals surface area contributed by atoms with Crippen molar-refractivity contribution in [2.75, 3.05) is 0 Å². The van der Waals surface area contributed by atoms with Crippen LogP contribution in [0.25, 0.3) is 87.3 Å². The Morgan fingerprint density at radius 1 is 0.449 bits per heavy atom. The highest BCUT2D eigenvalue weighted by molar-refractivity contribution is 6.23. The molecular weight excluding hydrogens is 595 g/mol. The third-order valence-corrected chi connectivity index (χ3v) is 9.66. The third kappa shape index (κ3) is 4.27. The van der Waals surface area contributed by atoms with Crippen molar-refractivity contribution in [1.29, 1.82) is 5.26 Å². The van der Waals surface area contributed by atoms with E-state index in [2.05, 4.69) is 149 Å². The molecule has 0 aliphatic rings. The average molecular weight is 622 g/mol. The van der Waals surface area contributed by atoms with Gasteiger partial charge in [-0.1, -0.05) is 140 Å². The van der Waals surface area contributed by atoms with Gasteiger partial charge < -0.3 is 4.57 Å². The van der Waals surface area contributed by atoms with Gasteiger partial charge in [0.25, 0.3) is 0 Å². The van der Waals surface area contributed by atoms with Crippen LogP contribution in [0.2, 0.25) is 0 Å². The first-order chi connectivity index (χ1) is 24.3. The second-order valence-electron chi connectivity index (χ2n) is 12.2. The van der Waals surface area contributed by atoms with Gasteiger partial charge >= 0.3 is 0 Å². The first-order valence-electron chi connectivity index (χ1n) is 16.3. The van der Waals surface area contributed by atoms with Crippen molar-refractivity contribution in [3.63, 3.8) is 0 Å². The summed E-state index contributed by atoms with van der Waals surface area (Å²) < 4.78 is 2.25. The van der Waals surface area contributed by atoms with Crippen molar-refractivity contribution in [3.8, 4) is 45.1 Å². The summed E-state index contributed by atoms with van der Waals surface area (Å²) in [6, 6.07) is 58.8. The Balaban J connectivity index is 1.46. The van der Waals surface area contributed by atoms with E-state index in [-0.39, 0.29) is 0 Å². The maximum absolute atomic E-state index is 10.8. The minimum Gasteiger partial charge on any atom is -0.310 e. The second kappa shape index (κ2) is 11.4. The van der Waals surface area contributed by atoms with Gasteiger partial charge in [0.05, 0.1) is 29.2 Å². The molecule has 1 heterocycles. The predicted molar refractivity (Wildman–Crippen MR) is 203 cm³/mol. The monoisotopic (exact) mass is 621 g/mol. The molecule has 0 spiro atoms. The fraction of sp³-hybridized carbons (Fsp3) is 0. The maximum Gasteiger partial charge on any atom is 0.197 e. The van der Waals surface area contributed by atoms with E-state index in [9.17, 15) is 5.26 Å². The Morgan fingerprint density at radius 3 is 1.53 bits per heavy atom. The number of hydrogen-bond donors (Lipinski definition) is 0. The molecule has 0 fully saturated rings. The highest BCUT2D eigenvalue weighted by Crippen LogP contribution is 2.50. The van der Waals surface area contributed by atoms with E-state index < -0.39 is 0 Å². The molecule has 49 heavy (non-hydrogen) atoms. The Morgan fingerprint density at radius 2 is 0.959 bits per heavy atom. The van der Waals surface area contributed by atoms with Gasteiger partial charge in [0.15, 0.2) is 5.69 Å². The lowest BCUT2D eigenvalue weighted by Crippen LogP contribution is -2.00. The van der Waals surface area contributed by atoms with Crippen LogP contribution in [0.15, 0.2) is 164 Å². The summed E-state index contributed by atoms with van der Waals surface area (Å²) >= 11 is 0. The van der Waals surface area contributed by atoms with Crippen molar-refractivity contribution >= 4 is 49.0 Å². The zero-order valence-corrected chi connectivity index (χ0v) is 26.4. The Bertz CT molecular complexity index is 2740. The number of nitrogens with zero attached hydrogens (tertiary/aromatic N) is 3. The molecule has 3 heteroatoms. The zero-order valence-electron chi connectivity index (χ0n) is 26.4. The van der Waals surface area contributed by atoms with Crippen molar-refractivity contribution in [3.05, 3.63) is 181 Å². The summed E-state index contributed by atoms with van der Waals surface area (Å²) in [4.78, 5) is 4.09. The molecule has 0 atom stereocenters. The van der Waals surface area contributed by atoms with E-state index in [1.807, 2.05) is 30.3 Å². The largest absolute Gasteiger partial charge is 0.310 e. The minimum absolute atomic E-state index is 0.498. The molecule has 0 bridgehead atoms. The molecule has 8 aromatic carbocycles. The molecule has 0 N–H and O–H groups in total. The summed E-state index contributed by atoms with van der Waals surface area (Å²) in [7, 11) is 0. The van der Waals surface area contributed by atoms with Crippen molar-refractivity contribution < 1.29 is 0 Å². The van der Waals surface area contributed by atoms with Crippen LogP contribution < -0.4 is 0 Å². The van der Waals surface area contributed by atoms with E-state index in [0.29, 0.717) is 11.3 Å². The smallest absolute Gasteiger partial charge is 0.197 e. The first kappa shape index (κ1) is 28.3. The summed E-state index contributed by atoms with van der Waals surface area (Å²) in [5, 5.41) is 17.5. The fourth-order valence-electron chi connectivity index (χ4n) is 7.70. The number of rotatable bonds is 4. The number of aromatic nitrogens is 1. The average Bonchev–Trinajstić information content (AvgIpc) is 3.51. The SMILES string of the molecule is [C-]#[N+]c1cccc(-n2c3ccccc3c3ccccc32)c1-c1c(C#N)cccc1-c1c2ccccc2c(-c2ccccc2)c2ccccc12. The van der Waals surface area contributed by atoms with Crippen LogP contribution in [0.5, 0.6) is 0 Å².